The van der Waals surface area contributed by atoms with Crippen molar-refractivity contribution in [3.8, 4) is 11.3 Å². The Bertz CT molecular complexity index is 1160. The lowest BCUT2D eigenvalue weighted by atomic mass is 10.0. The van der Waals surface area contributed by atoms with Crippen molar-refractivity contribution < 1.29 is 9.59 Å². The second-order valence-electron chi connectivity index (χ2n) is 9.58. The zero-order chi connectivity index (χ0) is 23.3. The van der Waals surface area contributed by atoms with Crippen molar-refractivity contribution in [1.29, 1.82) is 0 Å². The molecule has 1 amide bonds. The number of thiazole rings is 1. The van der Waals surface area contributed by atoms with Crippen molar-refractivity contribution in [2.45, 2.75) is 57.8 Å². The summed E-state index contributed by atoms with van der Waals surface area (Å²) in [6.07, 6.45) is 9.13. The molecule has 1 aliphatic carbocycles. The molecule has 0 atom stereocenters. The maximum absolute atomic E-state index is 12.6. The zero-order valence-electron chi connectivity index (χ0n) is 19.6. The van der Waals surface area contributed by atoms with Gasteiger partial charge in [0.25, 0.3) is 0 Å². The Morgan fingerprint density at radius 2 is 1.88 bits per heavy atom. The van der Waals surface area contributed by atoms with Crippen molar-refractivity contribution in [1.82, 2.24) is 14.9 Å². The van der Waals surface area contributed by atoms with Gasteiger partial charge >= 0.3 is 0 Å². The average Bonchev–Trinajstić information content (AvgIpc) is 3.63. The van der Waals surface area contributed by atoms with E-state index < -0.39 is 0 Å². The van der Waals surface area contributed by atoms with Gasteiger partial charge in [-0.3, -0.25) is 9.59 Å². The van der Waals surface area contributed by atoms with Gasteiger partial charge in [-0.2, -0.15) is 0 Å². The molecule has 0 spiro atoms. The van der Waals surface area contributed by atoms with E-state index >= 15 is 0 Å². The molecule has 1 N–H and O–H groups in total. The minimum absolute atomic E-state index is 0.0585. The summed E-state index contributed by atoms with van der Waals surface area (Å²) in [5, 5.41) is 3.52. The lowest BCUT2D eigenvalue weighted by molar-refractivity contribution is -0.119. The number of aromatic nitrogens is 2. The fourth-order valence-electron chi connectivity index (χ4n) is 4.58. The first-order chi connectivity index (χ1) is 16.6. The van der Waals surface area contributed by atoms with Crippen LogP contribution in [0.25, 0.3) is 21.6 Å². The van der Waals surface area contributed by atoms with Crippen molar-refractivity contribution in [3.63, 3.8) is 0 Å². The van der Waals surface area contributed by atoms with Gasteiger partial charge in [0.2, 0.25) is 5.91 Å². The Labute approximate surface area is 204 Å². The molecular weight excluding hydrogens is 444 g/mol. The highest BCUT2D eigenvalue weighted by Gasteiger charge is 2.30. The van der Waals surface area contributed by atoms with Crippen LogP contribution in [0.1, 0.15) is 56.9 Å². The van der Waals surface area contributed by atoms with Crippen LogP contribution in [0.3, 0.4) is 0 Å². The van der Waals surface area contributed by atoms with Gasteiger partial charge < -0.3 is 10.2 Å². The van der Waals surface area contributed by atoms with E-state index in [9.17, 15) is 9.59 Å². The van der Waals surface area contributed by atoms with Crippen LogP contribution in [0, 0.1) is 5.92 Å². The Balaban J connectivity index is 1.16. The van der Waals surface area contributed by atoms with Gasteiger partial charge in [-0.15, -0.1) is 0 Å². The molecule has 0 bridgehead atoms. The number of carbonyl (C=O) groups excluding carboxylic acids is 2. The molecule has 3 heterocycles. The van der Waals surface area contributed by atoms with Gasteiger partial charge in [0.1, 0.15) is 16.1 Å². The maximum Gasteiger partial charge on any atom is 0.229 e. The van der Waals surface area contributed by atoms with E-state index in [4.69, 9.17) is 4.98 Å². The summed E-state index contributed by atoms with van der Waals surface area (Å²) >= 11 is 1.40. The third-order valence-electron chi connectivity index (χ3n) is 6.69. The summed E-state index contributed by atoms with van der Waals surface area (Å²) in [6.45, 7) is 3.57. The van der Waals surface area contributed by atoms with E-state index in [1.54, 1.807) is 0 Å². The van der Waals surface area contributed by atoms with Crippen molar-refractivity contribution >= 4 is 38.5 Å². The second kappa shape index (κ2) is 10.7. The number of likely N-dealkylation sites (tertiary alicyclic amines) is 1. The zero-order valence-corrected chi connectivity index (χ0v) is 20.4. The predicted molar refractivity (Wildman–Crippen MR) is 137 cm³/mol. The molecule has 1 saturated heterocycles. The number of nitrogens with zero attached hydrogens (tertiary/aromatic N) is 3. The number of pyridine rings is 1. The Kier molecular flexibility index (Phi) is 7.30. The summed E-state index contributed by atoms with van der Waals surface area (Å²) in [4.78, 5) is 37.2. The largest absolute Gasteiger partial charge is 0.303 e. The SMILES string of the molecule is O=C(CCCCN1CCCCC1)Cc1cccc(-c2ccc3nc(NC(=O)C4CC4)sc3n2)c1. The number of rotatable bonds is 10. The fraction of sp³-hybridized carbons (Fsp3) is 0.481. The average molecular weight is 477 g/mol. The van der Waals surface area contributed by atoms with Crippen LogP contribution in [0.15, 0.2) is 36.4 Å². The summed E-state index contributed by atoms with van der Waals surface area (Å²) in [5.41, 5.74) is 3.67. The third kappa shape index (κ3) is 6.07. The minimum atomic E-state index is 0.0585. The fourth-order valence-corrected chi connectivity index (χ4v) is 5.42. The van der Waals surface area contributed by atoms with Crippen LogP contribution in [-0.4, -0.2) is 46.2 Å². The van der Waals surface area contributed by atoms with E-state index in [1.165, 1.54) is 43.7 Å². The standard InChI is InChI=1S/C27H32N4O2S/c32-22(9-2-5-16-31-14-3-1-4-15-31)18-19-7-6-8-21(17-19)23-12-13-24-26(28-23)34-27(29-24)30-25(33)20-10-11-20/h6-8,12-13,17,20H,1-5,9-11,14-16,18H2,(H,29,30,33). The molecule has 1 aromatic carbocycles. The number of unbranched alkanes of at least 4 members (excludes halogenated alkanes) is 1. The summed E-state index contributed by atoms with van der Waals surface area (Å²) < 4.78 is 0. The number of hydrogen-bond donors (Lipinski definition) is 1. The van der Waals surface area contributed by atoms with E-state index in [0.29, 0.717) is 23.8 Å². The van der Waals surface area contributed by atoms with Gasteiger partial charge in [0.05, 0.1) is 5.69 Å². The van der Waals surface area contributed by atoms with Gasteiger partial charge in [-0.25, -0.2) is 9.97 Å². The first-order valence-electron chi connectivity index (χ1n) is 12.6. The molecule has 5 rings (SSSR count). The smallest absolute Gasteiger partial charge is 0.229 e. The Hall–Kier alpha value is -2.64. The highest BCUT2D eigenvalue weighted by Crippen LogP contribution is 2.32. The number of carbonyl (C=O) groups is 2. The number of Topliss-reactive ketones (excluding diaryl/α,β-unsaturated/α-hetero) is 1. The summed E-state index contributed by atoms with van der Waals surface area (Å²) in [6, 6.07) is 12.0. The van der Waals surface area contributed by atoms with E-state index in [2.05, 4.69) is 21.3 Å². The van der Waals surface area contributed by atoms with Crippen LogP contribution in [0.2, 0.25) is 0 Å². The van der Waals surface area contributed by atoms with Crippen molar-refractivity contribution in [2.75, 3.05) is 25.0 Å². The number of amides is 1. The maximum atomic E-state index is 12.6. The molecule has 0 radical (unpaired) electrons. The molecule has 1 saturated carbocycles. The van der Waals surface area contributed by atoms with E-state index in [1.807, 2.05) is 30.3 Å². The molecule has 2 aromatic heterocycles. The van der Waals surface area contributed by atoms with Crippen molar-refractivity contribution in [2.24, 2.45) is 5.92 Å². The molecule has 0 unspecified atom stereocenters. The monoisotopic (exact) mass is 476 g/mol. The summed E-state index contributed by atoms with van der Waals surface area (Å²) in [7, 11) is 0. The number of nitrogens with one attached hydrogen (secondary N) is 1. The van der Waals surface area contributed by atoms with Crippen LogP contribution < -0.4 is 5.32 Å². The number of benzene rings is 1. The van der Waals surface area contributed by atoms with E-state index in [0.717, 1.165) is 59.4 Å². The molecular formula is C27H32N4O2S. The van der Waals surface area contributed by atoms with E-state index in [-0.39, 0.29) is 11.8 Å². The van der Waals surface area contributed by atoms with Gasteiger partial charge in [-0.05, 0) is 81.9 Å². The number of hydrogen-bond acceptors (Lipinski definition) is 6. The third-order valence-corrected chi connectivity index (χ3v) is 7.57. The molecule has 34 heavy (non-hydrogen) atoms. The first kappa shape index (κ1) is 23.1. The highest BCUT2D eigenvalue weighted by molar-refractivity contribution is 7.22. The predicted octanol–water partition coefficient (Wildman–Crippen LogP) is 5.47. The van der Waals surface area contributed by atoms with Gasteiger partial charge in [-0.1, -0.05) is 36.0 Å². The molecule has 7 heteroatoms. The first-order valence-corrected chi connectivity index (χ1v) is 13.4. The molecule has 3 aromatic rings. The molecule has 1 aliphatic heterocycles. The normalized spacial score (nSPS) is 16.6. The molecule has 6 nitrogen and oxygen atoms in total. The van der Waals surface area contributed by atoms with Gasteiger partial charge in [0, 0.05) is 24.3 Å². The Morgan fingerprint density at radius 1 is 1.03 bits per heavy atom. The van der Waals surface area contributed by atoms with Crippen molar-refractivity contribution in [3.05, 3.63) is 42.0 Å². The topological polar surface area (TPSA) is 75.2 Å². The van der Waals surface area contributed by atoms with Crippen LogP contribution in [0.4, 0.5) is 5.13 Å². The lowest BCUT2D eigenvalue weighted by Crippen LogP contribution is -2.30. The number of ketones is 1. The lowest BCUT2D eigenvalue weighted by Gasteiger charge is -2.26. The Morgan fingerprint density at radius 3 is 2.71 bits per heavy atom. The van der Waals surface area contributed by atoms with Crippen LogP contribution in [-0.2, 0) is 16.0 Å². The number of piperidine rings is 1. The summed E-state index contributed by atoms with van der Waals surface area (Å²) in [5.74, 6) is 0.511. The second-order valence-corrected chi connectivity index (χ2v) is 10.6. The number of anilines is 1. The molecule has 178 valence electrons. The minimum Gasteiger partial charge on any atom is -0.303 e. The van der Waals surface area contributed by atoms with Gasteiger partial charge in [0.15, 0.2) is 5.13 Å². The quantitative estimate of drug-likeness (QED) is 0.393. The van der Waals surface area contributed by atoms with Crippen LogP contribution in [0.5, 0.6) is 0 Å². The molecule has 2 aliphatic rings. The molecule has 2 fully saturated rings. The highest BCUT2D eigenvalue weighted by atomic mass is 32.1. The van der Waals surface area contributed by atoms with Crippen LogP contribution >= 0.6 is 11.3 Å². The number of fused-ring (bicyclic) bond motifs is 1.